The van der Waals surface area contributed by atoms with Crippen LogP contribution in [0.4, 0.5) is 5.69 Å². The Bertz CT molecular complexity index is 1370. The van der Waals surface area contributed by atoms with Crippen LogP contribution in [-0.2, 0) is 6.54 Å². The van der Waals surface area contributed by atoms with Crippen molar-refractivity contribution >= 4 is 22.6 Å². The number of carbonyl (C=O) groups is 1. The number of nitrogens with zero attached hydrogens (tertiary/aromatic N) is 5. The van der Waals surface area contributed by atoms with Gasteiger partial charge in [0.2, 0.25) is 0 Å². The molecule has 0 bridgehead atoms. The predicted octanol–water partition coefficient (Wildman–Crippen LogP) is 5.86. The molecular formula is C29H33N5O. The molecule has 1 fully saturated rings. The van der Waals surface area contributed by atoms with E-state index >= 15 is 0 Å². The molecule has 35 heavy (non-hydrogen) atoms. The van der Waals surface area contributed by atoms with E-state index in [-0.39, 0.29) is 11.9 Å². The van der Waals surface area contributed by atoms with Crippen molar-refractivity contribution in [3.8, 4) is 11.3 Å². The van der Waals surface area contributed by atoms with Crippen LogP contribution in [0.1, 0.15) is 54.2 Å². The number of fused-ring (bicyclic) bond motifs is 1. The van der Waals surface area contributed by atoms with E-state index in [4.69, 9.17) is 4.98 Å². The average molecular weight is 468 g/mol. The third-order valence-corrected chi connectivity index (χ3v) is 6.90. The number of carbonyl (C=O) groups excluding carboxylic acids is 1. The molecule has 0 radical (unpaired) electrons. The largest absolute Gasteiger partial charge is 0.371 e. The molecule has 6 nitrogen and oxygen atoms in total. The van der Waals surface area contributed by atoms with Crippen LogP contribution in [0.5, 0.6) is 0 Å². The zero-order valence-electron chi connectivity index (χ0n) is 21.0. The van der Waals surface area contributed by atoms with Gasteiger partial charge < -0.3 is 9.80 Å². The highest BCUT2D eigenvalue weighted by Gasteiger charge is 2.23. The summed E-state index contributed by atoms with van der Waals surface area (Å²) < 4.78 is 1.90. The number of pyridine rings is 1. The van der Waals surface area contributed by atoms with Crippen molar-refractivity contribution in [2.75, 3.05) is 25.0 Å². The fourth-order valence-electron chi connectivity index (χ4n) is 5.02. The zero-order valence-corrected chi connectivity index (χ0v) is 21.0. The van der Waals surface area contributed by atoms with E-state index in [1.165, 1.54) is 24.1 Å². The first-order valence-corrected chi connectivity index (χ1v) is 12.5. The lowest BCUT2D eigenvalue weighted by Gasteiger charge is -2.25. The summed E-state index contributed by atoms with van der Waals surface area (Å²) in [6, 6.07) is 18.7. The first kappa shape index (κ1) is 23.1. The van der Waals surface area contributed by atoms with Crippen molar-refractivity contribution < 1.29 is 4.79 Å². The van der Waals surface area contributed by atoms with Gasteiger partial charge in [-0.3, -0.25) is 4.79 Å². The molecule has 1 saturated heterocycles. The number of benzene rings is 2. The number of aryl methyl sites for hydroxylation is 1. The molecule has 0 unspecified atom stereocenters. The Morgan fingerprint density at radius 3 is 2.51 bits per heavy atom. The molecule has 4 aromatic rings. The van der Waals surface area contributed by atoms with E-state index < -0.39 is 0 Å². The molecule has 3 heterocycles. The van der Waals surface area contributed by atoms with E-state index in [0.29, 0.717) is 12.1 Å². The van der Waals surface area contributed by atoms with Crippen molar-refractivity contribution in [3.63, 3.8) is 0 Å². The summed E-state index contributed by atoms with van der Waals surface area (Å²) in [5, 5.41) is 5.37. The third kappa shape index (κ3) is 4.41. The fraction of sp³-hybridized carbons (Fsp3) is 0.345. The Hall–Kier alpha value is -3.67. The minimum absolute atomic E-state index is 0.0215. The Balaban J connectivity index is 1.55. The molecule has 2 aromatic heterocycles. The van der Waals surface area contributed by atoms with Crippen molar-refractivity contribution in [2.24, 2.45) is 0 Å². The van der Waals surface area contributed by atoms with Gasteiger partial charge in [0.05, 0.1) is 22.8 Å². The normalized spacial score (nSPS) is 13.7. The number of aromatic nitrogens is 3. The summed E-state index contributed by atoms with van der Waals surface area (Å²) in [6.45, 7) is 8.94. The lowest BCUT2D eigenvalue weighted by atomic mass is 10.0. The standard InChI is InChI=1S/C29H33N5O/c1-20(2)34-28-25(18-30-34)24(17-26(31-28)23-13-7-5-11-21(23)3)29(35)32(4)19-22-12-6-8-14-27(22)33-15-9-10-16-33/h5-8,11-14,17-18,20H,9-10,15-16,19H2,1-4H3. The van der Waals surface area contributed by atoms with Crippen molar-refractivity contribution in [1.29, 1.82) is 0 Å². The fourth-order valence-corrected chi connectivity index (χ4v) is 5.02. The monoisotopic (exact) mass is 467 g/mol. The number of amides is 1. The number of hydrogen-bond donors (Lipinski definition) is 0. The van der Waals surface area contributed by atoms with Gasteiger partial charge in [-0.05, 0) is 56.9 Å². The molecular weight excluding hydrogens is 434 g/mol. The van der Waals surface area contributed by atoms with Gasteiger partial charge in [0.15, 0.2) is 5.65 Å². The lowest BCUT2D eigenvalue weighted by Crippen LogP contribution is -2.28. The van der Waals surface area contributed by atoms with Crippen LogP contribution in [0.3, 0.4) is 0 Å². The third-order valence-electron chi connectivity index (χ3n) is 6.90. The molecule has 6 heteroatoms. The van der Waals surface area contributed by atoms with E-state index in [9.17, 15) is 4.79 Å². The van der Waals surface area contributed by atoms with Crippen LogP contribution >= 0.6 is 0 Å². The molecule has 0 spiro atoms. The van der Waals surface area contributed by atoms with Crippen LogP contribution in [0.15, 0.2) is 60.8 Å². The van der Waals surface area contributed by atoms with Gasteiger partial charge in [-0.1, -0.05) is 42.5 Å². The van der Waals surface area contributed by atoms with Gasteiger partial charge in [-0.15, -0.1) is 0 Å². The molecule has 0 N–H and O–H groups in total. The average Bonchev–Trinajstić information content (AvgIpc) is 3.54. The van der Waals surface area contributed by atoms with Gasteiger partial charge in [-0.25, -0.2) is 9.67 Å². The maximum Gasteiger partial charge on any atom is 0.254 e. The van der Waals surface area contributed by atoms with E-state index in [1.807, 2.05) is 34.8 Å². The lowest BCUT2D eigenvalue weighted by molar-refractivity contribution is 0.0787. The molecule has 1 aliphatic heterocycles. The summed E-state index contributed by atoms with van der Waals surface area (Å²) >= 11 is 0. The van der Waals surface area contributed by atoms with Gasteiger partial charge in [-0.2, -0.15) is 5.10 Å². The first-order valence-electron chi connectivity index (χ1n) is 12.5. The van der Waals surface area contributed by atoms with Crippen molar-refractivity contribution in [3.05, 3.63) is 77.5 Å². The quantitative estimate of drug-likeness (QED) is 0.356. The molecule has 2 aromatic carbocycles. The topological polar surface area (TPSA) is 54.3 Å². The summed E-state index contributed by atoms with van der Waals surface area (Å²) in [6.07, 6.45) is 4.22. The summed E-state index contributed by atoms with van der Waals surface area (Å²) in [5.74, 6) is -0.0215. The number of hydrogen-bond acceptors (Lipinski definition) is 4. The molecule has 0 atom stereocenters. The minimum atomic E-state index is -0.0215. The molecule has 0 aliphatic carbocycles. The van der Waals surface area contributed by atoms with Gasteiger partial charge >= 0.3 is 0 Å². The molecule has 180 valence electrons. The highest BCUT2D eigenvalue weighted by Crippen LogP contribution is 2.30. The van der Waals surface area contributed by atoms with Crippen LogP contribution in [0, 0.1) is 6.92 Å². The summed E-state index contributed by atoms with van der Waals surface area (Å²) in [7, 11) is 1.88. The highest BCUT2D eigenvalue weighted by atomic mass is 16.2. The van der Waals surface area contributed by atoms with Crippen molar-refractivity contribution in [2.45, 2.75) is 46.2 Å². The van der Waals surface area contributed by atoms with Gasteiger partial charge in [0.1, 0.15) is 0 Å². The van der Waals surface area contributed by atoms with Crippen LogP contribution in [0.25, 0.3) is 22.3 Å². The molecule has 1 amide bonds. The maximum atomic E-state index is 13.9. The Morgan fingerprint density at radius 1 is 1.06 bits per heavy atom. The van der Waals surface area contributed by atoms with Gasteiger partial charge in [0.25, 0.3) is 5.91 Å². The SMILES string of the molecule is Cc1ccccc1-c1cc(C(=O)N(C)Cc2ccccc2N2CCCC2)c2cnn(C(C)C)c2n1. The van der Waals surface area contributed by atoms with E-state index in [1.54, 1.807) is 6.20 Å². The van der Waals surface area contributed by atoms with Crippen LogP contribution in [-0.4, -0.2) is 45.7 Å². The summed E-state index contributed by atoms with van der Waals surface area (Å²) in [5.41, 5.74) is 6.75. The van der Waals surface area contributed by atoms with E-state index in [2.05, 4.69) is 67.2 Å². The number of anilines is 1. The Morgan fingerprint density at radius 2 is 1.77 bits per heavy atom. The smallest absolute Gasteiger partial charge is 0.254 e. The number of rotatable bonds is 6. The highest BCUT2D eigenvalue weighted by molar-refractivity contribution is 6.06. The summed E-state index contributed by atoms with van der Waals surface area (Å²) in [4.78, 5) is 23.1. The van der Waals surface area contributed by atoms with Crippen LogP contribution < -0.4 is 4.90 Å². The van der Waals surface area contributed by atoms with E-state index in [0.717, 1.165) is 40.9 Å². The predicted molar refractivity (Wildman–Crippen MR) is 142 cm³/mol. The van der Waals surface area contributed by atoms with Crippen molar-refractivity contribution in [1.82, 2.24) is 19.7 Å². The Labute approximate surface area is 207 Å². The first-order chi connectivity index (χ1) is 16.9. The molecule has 1 aliphatic rings. The second-order valence-corrected chi connectivity index (χ2v) is 9.77. The second-order valence-electron chi connectivity index (χ2n) is 9.77. The Kier molecular flexibility index (Phi) is 6.29. The van der Waals surface area contributed by atoms with Crippen LogP contribution in [0.2, 0.25) is 0 Å². The number of para-hydroxylation sites is 1. The van der Waals surface area contributed by atoms with Gasteiger partial charge in [0, 0.05) is 44.0 Å². The molecule has 0 saturated carbocycles. The maximum absolute atomic E-state index is 13.9. The minimum Gasteiger partial charge on any atom is -0.371 e. The molecule has 5 rings (SSSR count). The second kappa shape index (κ2) is 9.53. The zero-order chi connectivity index (χ0) is 24.5.